The molecule has 13 rings (SSSR count). The summed E-state index contributed by atoms with van der Waals surface area (Å²) in [4.78, 5) is 2.40. The number of nitrogens with zero attached hydrogens (tertiary/aromatic N) is 2. The van der Waals surface area contributed by atoms with E-state index in [4.69, 9.17) is 4.42 Å². The first-order valence-corrected chi connectivity index (χ1v) is 22.3. The number of aromatic nitrogens is 1. The molecule has 0 aliphatic rings. The molecule has 0 unspecified atom stereocenters. The van der Waals surface area contributed by atoms with Crippen LogP contribution in [0, 0.1) is 0 Å². The third-order valence-corrected chi connectivity index (χ3v) is 13.2. The van der Waals surface area contributed by atoms with Gasteiger partial charge in [0.15, 0.2) is 0 Å². The first-order chi connectivity index (χ1) is 32.3. The zero-order valence-electron chi connectivity index (χ0n) is 35.4. The first-order valence-electron chi connectivity index (χ1n) is 22.3. The highest BCUT2D eigenvalue weighted by atomic mass is 16.3. The van der Waals surface area contributed by atoms with Crippen LogP contribution in [0.4, 0.5) is 17.1 Å². The van der Waals surface area contributed by atoms with Crippen LogP contribution < -0.4 is 4.90 Å². The van der Waals surface area contributed by atoms with Crippen LogP contribution >= 0.6 is 0 Å². The molecular weight excluding hydrogens is 789 g/mol. The molecule has 11 aromatic carbocycles. The standard InChI is InChI=1S/C62H40N2O/c1-2-19-45(20-3-1)64-56-28-10-8-23-54(56)60-51(26-14-29-57(60)64)44-33-37-47(38-34-44)63(46-35-31-43(32-36-46)49-25-12-17-41-15-4-6-21-48(41)49)58-40-39-53(52-27-13-18-42-16-5-7-22-50(42)52)62-61(58)55-24-9-11-30-59(55)65-62/h1-40H. The Kier molecular flexibility index (Phi) is 8.53. The summed E-state index contributed by atoms with van der Waals surface area (Å²) in [5, 5.41) is 9.51. The molecule has 0 fully saturated rings. The molecule has 3 nitrogen and oxygen atoms in total. The average molecular weight is 829 g/mol. The van der Waals surface area contributed by atoms with Crippen LogP contribution in [-0.4, -0.2) is 4.57 Å². The number of para-hydroxylation sites is 3. The molecule has 304 valence electrons. The Morgan fingerprint density at radius 2 is 0.846 bits per heavy atom. The van der Waals surface area contributed by atoms with Crippen molar-refractivity contribution >= 4 is 82.4 Å². The molecule has 3 heteroatoms. The monoisotopic (exact) mass is 828 g/mol. The molecular formula is C62H40N2O. The molecule has 13 aromatic rings. The molecule has 0 atom stereocenters. The number of furan rings is 1. The lowest BCUT2D eigenvalue weighted by atomic mass is 9.95. The minimum absolute atomic E-state index is 0.862. The summed E-state index contributed by atoms with van der Waals surface area (Å²) < 4.78 is 9.31. The summed E-state index contributed by atoms with van der Waals surface area (Å²) in [6.45, 7) is 0. The molecule has 0 bridgehead atoms. The molecule has 65 heavy (non-hydrogen) atoms. The van der Waals surface area contributed by atoms with E-state index < -0.39 is 0 Å². The highest BCUT2D eigenvalue weighted by molar-refractivity contribution is 6.19. The lowest BCUT2D eigenvalue weighted by Gasteiger charge is -2.27. The Bertz CT molecular complexity index is 3920. The van der Waals surface area contributed by atoms with E-state index in [9.17, 15) is 0 Å². The third kappa shape index (κ3) is 5.97. The van der Waals surface area contributed by atoms with Crippen LogP contribution in [-0.2, 0) is 0 Å². The van der Waals surface area contributed by atoms with E-state index in [1.54, 1.807) is 0 Å². The van der Waals surface area contributed by atoms with Crippen LogP contribution in [0.3, 0.4) is 0 Å². The third-order valence-electron chi connectivity index (χ3n) is 13.2. The number of anilines is 3. The molecule has 0 spiro atoms. The summed E-state index contributed by atoms with van der Waals surface area (Å²) >= 11 is 0. The van der Waals surface area contributed by atoms with E-state index >= 15 is 0 Å². The maximum absolute atomic E-state index is 6.93. The molecule has 0 amide bonds. The first kappa shape index (κ1) is 36.9. The number of hydrogen-bond acceptors (Lipinski definition) is 2. The van der Waals surface area contributed by atoms with E-state index in [1.165, 1.54) is 60.0 Å². The van der Waals surface area contributed by atoms with Gasteiger partial charge in [0.2, 0.25) is 0 Å². The van der Waals surface area contributed by atoms with Crippen molar-refractivity contribution in [2.45, 2.75) is 0 Å². The van der Waals surface area contributed by atoms with Gasteiger partial charge in [0, 0.05) is 38.8 Å². The minimum atomic E-state index is 0.862. The zero-order valence-corrected chi connectivity index (χ0v) is 35.4. The van der Waals surface area contributed by atoms with E-state index in [1.807, 2.05) is 0 Å². The molecule has 0 saturated carbocycles. The van der Waals surface area contributed by atoms with Gasteiger partial charge in [0.05, 0.1) is 22.1 Å². The minimum Gasteiger partial charge on any atom is -0.455 e. The van der Waals surface area contributed by atoms with Crippen LogP contribution in [0.2, 0.25) is 0 Å². The van der Waals surface area contributed by atoms with Crippen LogP contribution in [0.1, 0.15) is 0 Å². The SMILES string of the molecule is c1ccc(-n2c3ccccc3c3c(-c4ccc(N(c5ccc(-c6cccc7ccccc67)cc5)c5ccc(-c6cccc7ccccc67)c6oc7ccccc7c56)cc4)cccc32)cc1. The topological polar surface area (TPSA) is 21.3 Å². The van der Waals surface area contributed by atoms with Gasteiger partial charge in [-0.05, 0) is 116 Å². The van der Waals surface area contributed by atoms with Crippen LogP contribution in [0.5, 0.6) is 0 Å². The molecule has 0 aliphatic carbocycles. The normalized spacial score (nSPS) is 11.7. The van der Waals surface area contributed by atoms with Gasteiger partial charge >= 0.3 is 0 Å². The predicted molar refractivity (Wildman–Crippen MR) is 274 cm³/mol. The van der Waals surface area contributed by atoms with Crippen LogP contribution in [0.15, 0.2) is 247 Å². The molecule has 0 radical (unpaired) electrons. The van der Waals surface area contributed by atoms with Crippen molar-refractivity contribution in [2.75, 3.05) is 4.90 Å². The lowest BCUT2D eigenvalue weighted by Crippen LogP contribution is -2.10. The Balaban J connectivity index is 1.01. The fourth-order valence-corrected chi connectivity index (χ4v) is 10.3. The van der Waals surface area contributed by atoms with Gasteiger partial charge in [-0.1, -0.05) is 176 Å². The van der Waals surface area contributed by atoms with Gasteiger partial charge in [0.25, 0.3) is 0 Å². The molecule has 0 saturated heterocycles. The van der Waals surface area contributed by atoms with Crippen LogP contribution in [0.25, 0.3) is 104 Å². The second-order valence-electron chi connectivity index (χ2n) is 16.8. The molecule has 0 N–H and O–H groups in total. The number of fused-ring (bicyclic) bond motifs is 8. The Labute approximate surface area is 376 Å². The molecule has 2 aromatic heterocycles. The largest absolute Gasteiger partial charge is 0.455 e. The van der Waals surface area contributed by atoms with Gasteiger partial charge in [-0.3, -0.25) is 0 Å². The number of rotatable bonds is 7. The van der Waals surface area contributed by atoms with Crippen molar-refractivity contribution in [3.63, 3.8) is 0 Å². The van der Waals surface area contributed by atoms with E-state index in [0.717, 1.165) is 61.4 Å². The fraction of sp³-hybridized carbons (Fsp3) is 0. The highest BCUT2D eigenvalue weighted by Gasteiger charge is 2.24. The van der Waals surface area contributed by atoms with Gasteiger partial charge in [-0.15, -0.1) is 0 Å². The average Bonchev–Trinajstić information content (AvgIpc) is 3.94. The zero-order chi connectivity index (χ0) is 42.8. The highest BCUT2D eigenvalue weighted by Crippen LogP contribution is 2.48. The summed E-state index contributed by atoms with van der Waals surface area (Å²) in [6.07, 6.45) is 0. The van der Waals surface area contributed by atoms with Crippen molar-refractivity contribution < 1.29 is 4.42 Å². The smallest absolute Gasteiger partial charge is 0.145 e. The maximum Gasteiger partial charge on any atom is 0.145 e. The van der Waals surface area contributed by atoms with Crippen molar-refractivity contribution in [1.29, 1.82) is 0 Å². The molecule has 0 aliphatic heterocycles. The Morgan fingerprint density at radius 3 is 1.57 bits per heavy atom. The van der Waals surface area contributed by atoms with E-state index in [2.05, 4.69) is 252 Å². The van der Waals surface area contributed by atoms with Crippen molar-refractivity contribution in [3.8, 4) is 39.1 Å². The lowest BCUT2D eigenvalue weighted by molar-refractivity contribution is 0.670. The Morgan fingerprint density at radius 1 is 0.323 bits per heavy atom. The quantitative estimate of drug-likeness (QED) is 0.160. The fourth-order valence-electron chi connectivity index (χ4n) is 10.3. The van der Waals surface area contributed by atoms with Crippen molar-refractivity contribution in [2.24, 2.45) is 0 Å². The maximum atomic E-state index is 6.93. The predicted octanol–water partition coefficient (Wildman–Crippen LogP) is 17.5. The summed E-state index contributed by atoms with van der Waals surface area (Å²) in [6, 6.07) is 87.6. The second-order valence-corrected chi connectivity index (χ2v) is 16.8. The summed E-state index contributed by atoms with van der Waals surface area (Å²) in [7, 11) is 0. The van der Waals surface area contributed by atoms with Crippen molar-refractivity contribution in [1.82, 2.24) is 4.57 Å². The number of hydrogen-bond donors (Lipinski definition) is 0. The van der Waals surface area contributed by atoms with E-state index in [0.29, 0.717) is 0 Å². The molecule has 2 heterocycles. The van der Waals surface area contributed by atoms with Gasteiger partial charge in [-0.2, -0.15) is 0 Å². The van der Waals surface area contributed by atoms with Gasteiger partial charge < -0.3 is 13.9 Å². The van der Waals surface area contributed by atoms with Crippen molar-refractivity contribution in [3.05, 3.63) is 243 Å². The van der Waals surface area contributed by atoms with E-state index in [-0.39, 0.29) is 0 Å². The summed E-state index contributed by atoms with van der Waals surface area (Å²) in [5.74, 6) is 0. The summed E-state index contributed by atoms with van der Waals surface area (Å²) in [5.41, 5.74) is 15.4. The second kappa shape index (κ2) is 15.0. The Hall–Kier alpha value is -8.66. The van der Waals surface area contributed by atoms with Gasteiger partial charge in [0.1, 0.15) is 11.2 Å². The number of benzene rings is 11. The van der Waals surface area contributed by atoms with Gasteiger partial charge in [-0.25, -0.2) is 0 Å².